The van der Waals surface area contributed by atoms with Gasteiger partial charge in [-0.15, -0.1) is 0 Å². The molecule has 2 aromatic carbocycles. The van der Waals surface area contributed by atoms with Crippen molar-refractivity contribution in [1.82, 2.24) is 4.90 Å². The third-order valence-electron chi connectivity index (χ3n) is 6.51. The molecule has 0 radical (unpaired) electrons. The number of hydrogen-bond acceptors (Lipinski definition) is 6. The molecule has 0 aliphatic carbocycles. The van der Waals surface area contributed by atoms with Crippen LogP contribution in [-0.2, 0) is 4.79 Å². The summed E-state index contributed by atoms with van der Waals surface area (Å²) < 4.78 is 38.0. The van der Waals surface area contributed by atoms with E-state index in [4.69, 9.17) is 0 Å². The molecule has 186 valence electrons. The summed E-state index contributed by atoms with van der Waals surface area (Å²) in [6, 6.07) is 10.8. The minimum atomic E-state index is -4.22. The Labute approximate surface area is 201 Å². The number of piperidine rings is 1. The molecule has 4 rings (SSSR count). The largest absolute Gasteiger partial charge is 0.505 e. The number of benzene rings is 2. The molecular formula is C25H28F3N5O2. The fraction of sp³-hybridized carbons (Fsp3) is 0.400. The number of aryl methyl sites for hydroxylation is 2. The molecule has 7 nitrogen and oxygen atoms in total. The Morgan fingerprint density at radius 2 is 1.83 bits per heavy atom. The second-order valence-corrected chi connectivity index (χ2v) is 9.05. The van der Waals surface area contributed by atoms with Gasteiger partial charge in [0.2, 0.25) is 0 Å². The number of likely N-dealkylation sites (tertiary alicyclic amines) is 1. The number of halogens is 3. The van der Waals surface area contributed by atoms with Gasteiger partial charge in [0.05, 0.1) is 23.6 Å². The molecule has 2 heterocycles. The van der Waals surface area contributed by atoms with Gasteiger partial charge in [-0.2, -0.15) is 28.4 Å². The zero-order chi connectivity index (χ0) is 25.3. The summed E-state index contributed by atoms with van der Waals surface area (Å²) in [5, 5.41) is 20.7. The van der Waals surface area contributed by atoms with Gasteiger partial charge >= 0.3 is 12.1 Å². The highest BCUT2D eigenvalue weighted by Crippen LogP contribution is 2.38. The average molecular weight is 488 g/mol. The summed E-state index contributed by atoms with van der Waals surface area (Å²) in [6.07, 6.45) is -3.20. The van der Waals surface area contributed by atoms with Crippen molar-refractivity contribution in [3.05, 3.63) is 53.1 Å². The van der Waals surface area contributed by atoms with Gasteiger partial charge in [-0.25, -0.2) is 0 Å². The maximum atomic E-state index is 13.0. The summed E-state index contributed by atoms with van der Waals surface area (Å²) >= 11 is 0. The van der Waals surface area contributed by atoms with Gasteiger partial charge in [-0.1, -0.05) is 18.2 Å². The summed E-state index contributed by atoms with van der Waals surface area (Å²) in [4.78, 5) is 14.3. The molecule has 0 saturated carbocycles. The van der Waals surface area contributed by atoms with Gasteiger partial charge < -0.3 is 5.11 Å². The molecule has 2 aromatic rings. The Kier molecular flexibility index (Phi) is 6.84. The van der Waals surface area contributed by atoms with Crippen molar-refractivity contribution in [2.45, 2.75) is 45.7 Å². The molecule has 2 aliphatic heterocycles. The molecule has 10 heteroatoms. The van der Waals surface area contributed by atoms with Crippen LogP contribution in [0.25, 0.3) is 0 Å². The van der Waals surface area contributed by atoms with Crippen LogP contribution in [0.5, 0.6) is 5.75 Å². The van der Waals surface area contributed by atoms with Crippen molar-refractivity contribution >= 4 is 28.7 Å². The molecule has 1 saturated heterocycles. The van der Waals surface area contributed by atoms with Gasteiger partial charge in [0.25, 0.3) is 0 Å². The summed E-state index contributed by atoms with van der Waals surface area (Å²) in [6.45, 7) is 5.33. The molecule has 35 heavy (non-hydrogen) atoms. The Bertz CT molecular complexity index is 1180. The SMILES string of the molecule is CC1=NN(c2ccc(C)c(C)c2)C(=O)/C1=N/Nc1cccc(C2CCN(CC(F)(F)F)CC2)c1O. The number of rotatable bonds is 5. The van der Waals surface area contributed by atoms with Gasteiger partial charge in [-0.3, -0.25) is 15.1 Å². The van der Waals surface area contributed by atoms with Crippen molar-refractivity contribution < 1.29 is 23.1 Å². The highest BCUT2D eigenvalue weighted by molar-refractivity contribution is 6.71. The van der Waals surface area contributed by atoms with E-state index in [-0.39, 0.29) is 23.3 Å². The van der Waals surface area contributed by atoms with Crippen LogP contribution in [0.3, 0.4) is 0 Å². The lowest BCUT2D eigenvalue weighted by molar-refractivity contribution is -0.148. The second-order valence-electron chi connectivity index (χ2n) is 9.05. The van der Waals surface area contributed by atoms with Crippen LogP contribution in [0.2, 0.25) is 0 Å². The first-order valence-electron chi connectivity index (χ1n) is 11.5. The van der Waals surface area contributed by atoms with E-state index in [0.717, 1.165) is 11.1 Å². The standard InChI is InChI=1S/C25H28F3N5O2/c1-15-7-8-19(13-16(15)2)33-24(35)22(17(3)31-33)30-29-21-6-4-5-20(23(21)34)18-9-11-32(12-10-18)14-25(26,27)28/h4-8,13,18,29,34H,9-12,14H2,1-3H3/b30-22+. The first-order chi connectivity index (χ1) is 16.5. The highest BCUT2D eigenvalue weighted by atomic mass is 19.4. The van der Waals surface area contributed by atoms with E-state index in [0.29, 0.717) is 48.6 Å². The Morgan fingerprint density at radius 3 is 2.49 bits per heavy atom. The van der Waals surface area contributed by atoms with Crippen LogP contribution in [0.4, 0.5) is 24.5 Å². The summed E-state index contributed by atoms with van der Waals surface area (Å²) in [7, 11) is 0. The zero-order valence-corrected chi connectivity index (χ0v) is 19.9. The molecule has 1 fully saturated rings. The second kappa shape index (κ2) is 9.69. The number of hydrogen-bond donors (Lipinski definition) is 2. The van der Waals surface area contributed by atoms with Gasteiger partial charge in [0, 0.05) is 0 Å². The fourth-order valence-corrected chi connectivity index (χ4v) is 4.41. The molecule has 0 spiro atoms. The Hall–Kier alpha value is -3.40. The third-order valence-corrected chi connectivity index (χ3v) is 6.51. The van der Waals surface area contributed by atoms with Crippen molar-refractivity contribution in [2.24, 2.45) is 10.2 Å². The van der Waals surface area contributed by atoms with Gasteiger partial charge in [0.1, 0.15) is 5.75 Å². The summed E-state index contributed by atoms with van der Waals surface area (Å²) in [5.74, 6) is -0.464. The van der Waals surface area contributed by atoms with Crippen LogP contribution in [0.1, 0.15) is 42.4 Å². The number of para-hydroxylation sites is 1. The van der Waals surface area contributed by atoms with Crippen molar-refractivity contribution in [3.8, 4) is 5.75 Å². The first-order valence-corrected chi connectivity index (χ1v) is 11.5. The molecule has 2 N–H and O–H groups in total. The molecule has 1 amide bonds. The van der Waals surface area contributed by atoms with Gasteiger partial charge in [-0.05, 0) is 87.5 Å². The zero-order valence-electron chi connectivity index (χ0n) is 19.9. The molecule has 2 aliphatic rings. The Morgan fingerprint density at radius 1 is 1.11 bits per heavy atom. The number of hydrazone groups is 2. The predicted octanol–water partition coefficient (Wildman–Crippen LogP) is 4.94. The molecule has 0 bridgehead atoms. The van der Waals surface area contributed by atoms with Crippen molar-refractivity contribution in [3.63, 3.8) is 0 Å². The number of amides is 1. The molecular weight excluding hydrogens is 459 g/mol. The van der Waals surface area contributed by atoms with Crippen LogP contribution >= 0.6 is 0 Å². The van der Waals surface area contributed by atoms with Crippen LogP contribution in [0, 0.1) is 13.8 Å². The average Bonchev–Trinajstić information content (AvgIpc) is 3.08. The number of nitrogens with one attached hydrogen (secondary N) is 1. The number of phenols is 1. The van der Waals surface area contributed by atoms with E-state index in [1.165, 1.54) is 9.91 Å². The van der Waals surface area contributed by atoms with E-state index in [9.17, 15) is 23.1 Å². The number of phenolic OH excluding ortho intramolecular Hbond substituents is 1. The van der Waals surface area contributed by atoms with Crippen molar-refractivity contribution in [2.75, 3.05) is 30.1 Å². The van der Waals surface area contributed by atoms with Crippen LogP contribution in [0.15, 0.2) is 46.6 Å². The quantitative estimate of drug-likeness (QED) is 0.463. The number of anilines is 2. The van der Waals surface area contributed by atoms with E-state index >= 15 is 0 Å². The van der Waals surface area contributed by atoms with Crippen molar-refractivity contribution in [1.29, 1.82) is 0 Å². The number of aromatic hydroxyl groups is 1. The minimum absolute atomic E-state index is 0.0165. The summed E-state index contributed by atoms with van der Waals surface area (Å²) in [5.41, 5.74) is 7.11. The van der Waals surface area contributed by atoms with Gasteiger partial charge in [0.15, 0.2) is 5.71 Å². The maximum Gasteiger partial charge on any atom is 0.401 e. The molecule has 0 aromatic heterocycles. The third kappa shape index (κ3) is 5.48. The fourth-order valence-electron chi connectivity index (χ4n) is 4.41. The maximum absolute atomic E-state index is 13.0. The topological polar surface area (TPSA) is 80.5 Å². The number of nitrogens with zero attached hydrogens (tertiary/aromatic N) is 4. The number of carbonyl (C=O) groups is 1. The van der Waals surface area contributed by atoms with E-state index in [2.05, 4.69) is 15.6 Å². The van der Waals surface area contributed by atoms with Crippen LogP contribution in [-0.4, -0.2) is 53.1 Å². The van der Waals surface area contributed by atoms with E-state index in [1.807, 2.05) is 32.0 Å². The monoisotopic (exact) mass is 487 g/mol. The Balaban J connectivity index is 1.46. The highest BCUT2D eigenvalue weighted by Gasteiger charge is 2.34. The molecule has 0 atom stereocenters. The van der Waals surface area contributed by atoms with E-state index < -0.39 is 12.7 Å². The minimum Gasteiger partial charge on any atom is -0.505 e. The normalized spacial score (nSPS) is 18.9. The number of alkyl halides is 3. The number of carbonyl (C=O) groups excluding carboxylic acids is 1. The van der Waals surface area contributed by atoms with E-state index in [1.54, 1.807) is 25.1 Å². The first kappa shape index (κ1) is 24.7. The smallest absolute Gasteiger partial charge is 0.401 e. The lowest BCUT2D eigenvalue weighted by atomic mass is 9.88. The van der Waals surface area contributed by atoms with Crippen LogP contribution < -0.4 is 10.4 Å². The predicted molar refractivity (Wildman–Crippen MR) is 130 cm³/mol. The lowest BCUT2D eigenvalue weighted by Crippen LogP contribution is -2.39. The molecule has 0 unspecified atom stereocenters. The lowest BCUT2D eigenvalue weighted by Gasteiger charge is -2.32.